The molecule has 1 aromatic rings. The summed E-state index contributed by atoms with van der Waals surface area (Å²) in [5.41, 5.74) is 1.46. The average Bonchev–Trinajstić information content (AvgIpc) is 2.49. The van der Waals surface area contributed by atoms with Gasteiger partial charge >= 0.3 is 0 Å². The van der Waals surface area contributed by atoms with Gasteiger partial charge in [-0.15, -0.1) is 0 Å². The van der Waals surface area contributed by atoms with Crippen LogP contribution in [0.4, 0.5) is 5.69 Å². The van der Waals surface area contributed by atoms with Crippen LogP contribution in [0.2, 0.25) is 5.02 Å². The Morgan fingerprint density at radius 1 is 1.32 bits per heavy atom. The van der Waals surface area contributed by atoms with Gasteiger partial charge < -0.3 is 10.6 Å². The topological polar surface area (TPSA) is 53.2 Å². The zero-order valence-corrected chi connectivity index (χ0v) is 11.7. The summed E-state index contributed by atoms with van der Waals surface area (Å²) in [6, 6.07) is 5.72. The summed E-state index contributed by atoms with van der Waals surface area (Å²) in [7, 11) is 0. The van der Waals surface area contributed by atoms with Crippen LogP contribution in [0.15, 0.2) is 18.2 Å². The first kappa shape index (κ1) is 12.9. The summed E-state index contributed by atoms with van der Waals surface area (Å²) >= 11 is 6.06. The minimum absolute atomic E-state index is 0.0712. The lowest BCUT2D eigenvalue weighted by Gasteiger charge is -2.37. The van der Waals surface area contributed by atoms with E-state index in [1.807, 2.05) is 18.2 Å². The van der Waals surface area contributed by atoms with Gasteiger partial charge in [-0.3, -0.25) is 10.1 Å². The van der Waals surface area contributed by atoms with Gasteiger partial charge in [-0.2, -0.15) is 0 Å². The molecule has 3 rings (SSSR count). The van der Waals surface area contributed by atoms with Crippen LogP contribution in [0.1, 0.15) is 31.4 Å². The fourth-order valence-electron chi connectivity index (χ4n) is 3.03. The van der Waals surface area contributed by atoms with E-state index in [0.717, 1.165) is 37.2 Å². The highest BCUT2D eigenvalue weighted by molar-refractivity contribution is 6.30. The second kappa shape index (κ2) is 4.78. The third-order valence-corrected chi connectivity index (χ3v) is 4.35. The molecule has 1 unspecified atom stereocenters. The predicted molar refractivity (Wildman–Crippen MR) is 76.5 cm³/mol. The van der Waals surface area contributed by atoms with Crippen molar-refractivity contribution in [2.75, 3.05) is 18.4 Å². The van der Waals surface area contributed by atoms with E-state index in [-0.39, 0.29) is 11.9 Å². The molecule has 0 bridgehead atoms. The maximum absolute atomic E-state index is 12.5. The van der Waals surface area contributed by atoms with Crippen LogP contribution in [0, 0.1) is 0 Å². The molecule has 1 spiro atoms. The zero-order chi connectivity index (χ0) is 13.5. The molecule has 2 aliphatic rings. The van der Waals surface area contributed by atoms with Crippen LogP contribution in [-0.2, 0) is 4.79 Å². The standard InChI is InChI=1S/C14H18ClN3O/c1-9-11-8-10(15)2-3-12(11)17-13(19)14(18-9)4-6-16-7-5-14/h2-3,8-9,16,18H,4-7H2,1H3,(H,17,19). The second-order valence-electron chi connectivity index (χ2n) is 5.38. The Kier molecular flexibility index (Phi) is 3.25. The molecule has 2 aliphatic heterocycles. The summed E-state index contributed by atoms with van der Waals surface area (Å²) in [6.45, 7) is 3.81. The quantitative estimate of drug-likeness (QED) is 0.681. The van der Waals surface area contributed by atoms with E-state index in [2.05, 4.69) is 22.9 Å². The van der Waals surface area contributed by atoms with Gasteiger partial charge in [0.2, 0.25) is 5.91 Å². The first-order chi connectivity index (χ1) is 9.11. The number of benzene rings is 1. The van der Waals surface area contributed by atoms with Crippen molar-refractivity contribution in [2.45, 2.75) is 31.3 Å². The first-order valence-electron chi connectivity index (χ1n) is 6.70. The molecule has 2 heterocycles. The van der Waals surface area contributed by atoms with Crippen LogP contribution >= 0.6 is 11.6 Å². The van der Waals surface area contributed by atoms with Gasteiger partial charge in [0.25, 0.3) is 0 Å². The van der Waals surface area contributed by atoms with E-state index in [9.17, 15) is 4.79 Å². The van der Waals surface area contributed by atoms with Gasteiger partial charge in [-0.1, -0.05) is 11.6 Å². The van der Waals surface area contributed by atoms with Crippen molar-refractivity contribution < 1.29 is 4.79 Å². The van der Waals surface area contributed by atoms with Crippen LogP contribution in [0.3, 0.4) is 0 Å². The van der Waals surface area contributed by atoms with Crippen molar-refractivity contribution in [1.82, 2.24) is 10.6 Å². The Labute approximate surface area is 117 Å². The third-order valence-electron chi connectivity index (χ3n) is 4.11. The summed E-state index contributed by atoms with van der Waals surface area (Å²) in [6.07, 6.45) is 1.62. The van der Waals surface area contributed by atoms with E-state index >= 15 is 0 Å². The molecule has 0 saturated carbocycles. The number of nitrogens with one attached hydrogen (secondary N) is 3. The van der Waals surface area contributed by atoms with Crippen LogP contribution < -0.4 is 16.0 Å². The molecular formula is C14H18ClN3O. The number of anilines is 1. The maximum atomic E-state index is 12.5. The van der Waals surface area contributed by atoms with Gasteiger partial charge in [-0.25, -0.2) is 0 Å². The lowest BCUT2D eigenvalue weighted by atomic mass is 9.86. The van der Waals surface area contributed by atoms with Crippen LogP contribution in [0.25, 0.3) is 0 Å². The normalized spacial score (nSPS) is 25.6. The Morgan fingerprint density at radius 2 is 2.05 bits per heavy atom. The monoisotopic (exact) mass is 279 g/mol. The Bertz CT molecular complexity index is 511. The van der Waals surface area contributed by atoms with Gasteiger partial charge in [0.05, 0.1) is 0 Å². The van der Waals surface area contributed by atoms with Crippen molar-refractivity contribution in [3.63, 3.8) is 0 Å². The zero-order valence-electron chi connectivity index (χ0n) is 10.9. The lowest BCUT2D eigenvalue weighted by Crippen LogP contribution is -2.59. The number of halogens is 1. The summed E-state index contributed by atoms with van der Waals surface area (Å²) < 4.78 is 0. The van der Waals surface area contributed by atoms with Crippen LogP contribution in [0.5, 0.6) is 0 Å². The van der Waals surface area contributed by atoms with E-state index in [1.165, 1.54) is 0 Å². The van der Waals surface area contributed by atoms with E-state index in [4.69, 9.17) is 11.6 Å². The molecule has 19 heavy (non-hydrogen) atoms. The van der Waals surface area contributed by atoms with Crippen molar-refractivity contribution in [3.8, 4) is 0 Å². The molecule has 1 aromatic carbocycles. The number of carbonyl (C=O) groups is 1. The number of rotatable bonds is 0. The molecule has 102 valence electrons. The highest BCUT2D eigenvalue weighted by atomic mass is 35.5. The smallest absolute Gasteiger partial charge is 0.244 e. The predicted octanol–water partition coefficient (Wildman–Crippen LogP) is 2.06. The summed E-state index contributed by atoms with van der Waals surface area (Å²) in [4.78, 5) is 12.5. The Hall–Kier alpha value is -1.10. The molecule has 4 nitrogen and oxygen atoms in total. The Morgan fingerprint density at radius 3 is 2.79 bits per heavy atom. The van der Waals surface area contributed by atoms with Gasteiger partial charge in [0.1, 0.15) is 5.54 Å². The molecule has 1 saturated heterocycles. The van der Waals surface area contributed by atoms with Crippen molar-refractivity contribution in [2.24, 2.45) is 0 Å². The maximum Gasteiger partial charge on any atom is 0.244 e. The second-order valence-corrected chi connectivity index (χ2v) is 5.82. The fraction of sp³-hybridized carbons (Fsp3) is 0.500. The molecule has 1 atom stereocenters. The van der Waals surface area contributed by atoms with Gasteiger partial charge in [-0.05, 0) is 56.6 Å². The fourth-order valence-corrected chi connectivity index (χ4v) is 3.21. The number of hydrogen-bond donors (Lipinski definition) is 3. The highest BCUT2D eigenvalue weighted by Crippen LogP contribution is 2.34. The number of fused-ring (bicyclic) bond motifs is 1. The van der Waals surface area contributed by atoms with E-state index in [1.54, 1.807) is 0 Å². The SMILES string of the molecule is CC1NC2(CCNCC2)C(=O)Nc2ccc(Cl)cc21. The summed E-state index contributed by atoms with van der Waals surface area (Å²) in [5.74, 6) is 0.0712. The lowest BCUT2D eigenvalue weighted by molar-refractivity contribution is -0.123. The first-order valence-corrected chi connectivity index (χ1v) is 7.08. The molecular weight excluding hydrogens is 262 g/mol. The van der Waals surface area contributed by atoms with Gasteiger partial charge in [0, 0.05) is 16.8 Å². The molecule has 1 fully saturated rings. The number of hydrogen-bond acceptors (Lipinski definition) is 3. The highest BCUT2D eigenvalue weighted by Gasteiger charge is 2.42. The molecule has 0 aliphatic carbocycles. The number of piperidine rings is 1. The molecule has 3 N–H and O–H groups in total. The Balaban J connectivity index is 1.99. The van der Waals surface area contributed by atoms with Crippen LogP contribution in [-0.4, -0.2) is 24.5 Å². The van der Waals surface area contributed by atoms with E-state index < -0.39 is 5.54 Å². The van der Waals surface area contributed by atoms with Gasteiger partial charge in [0.15, 0.2) is 0 Å². The van der Waals surface area contributed by atoms with Crippen molar-refractivity contribution >= 4 is 23.2 Å². The third kappa shape index (κ3) is 2.24. The molecule has 1 amide bonds. The number of amides is 1. The molecule has 5 heteroatoms. The molecule has 0 aromatic heterocycles. The van der Waals surface area contributed by atoms with E-state index in [0.29, 0.717) is 5.02 Å². The van der Waals surface area contributed by atoms with Crippen molar-refractivity contribution in [3.05, 3.63) is 28.8 Å². The van der Waals surface area contributed by atoms with Crippen molar-refractivity contribution in [1.29, 1.82) is 0 Å². The average molecular weight is 280 g/mol. The molecule has 0 radical (unpaired) electrons. The largest absolute Gasteiger partial charge is 0.324 e. The summed E-state index contributed by atoms with van der Waals surface area (Å²) in [5, 5.41) is 10.6. The minimum atomic E-state index is -0.462. The minimum Gasteiger partial charge on any atom is -0.324 e. The number of carbonyl (C=O) groups excluding carboxylic acids is 1.